The minimum absolute atomic E-state index is 0.251. The van der Waals surface area contributed by atoms with E-state index in [0.29, 0.717) is 36.0 Å². The molecule has 1 saturated heterocycles. The van der Waals surface area contributed by atoms with Crippen molar-refractivity contribution in [1.82, 2.24) is 4.90 Å². The standard InChI is InChI=1S/C24H25IN2O5S/c1-5-31-19-11-16(10-18(25)22(19)32-6-2)12-20-23(29)27(24(30)33-20)13-21(28)26-17-8-7-14(3)15(4)9-17/h7-12H,5-6,13H2,1-4H3,(H,26,28)/b20-12+. The summed E-state index contributed by atoms with van der Waals surface area (Å²) in [6, 6.07) is 9.18. The third-order valence-corrected chi connectivity index (χ3v) is 6.59. The molecule has 3 rings (SSSR count). The Hall–Kier alpha value is -2.53. The molecule has 9 heteroatoms. The number of amides is 3. The average Bonchev–Trinajstić information content (AvgIpc) is 3.01. The summed E-state index contributed by atoms with van der Waals surface area (Å²) < 4.78 is 12.2. The molecule has 0 saturated carbocycles. The number of carbonyl (C=O) groups excluding carboxylic acids is 3. The molecule has 1 N–H and O–H groups in total. The fourth-order valence-corrected chi connectivity index (χ4v) is 4.79. The number of nitrogens with one attached hydrogen (secondary N) is 1. The summed E-state index contributed by atoms with van der Waals surface area (Å²) in [6.45, 7) is 8.32. The first-order chi connectivity index (χ1) is 15.7. The molecular formula is C24H25IN2O5S. The highest BCUT2D eigenvalue weighted by molar-refractivity contribution is 14.1. The molecule has 1 heterocycles. The van der Waals surface area contributed by atoms with E-state index in [0.717, 1.165) is 31.4 Å². The Morgan fingerprint density at radius 1 is 1.09 bits per heavy atom. The van der Waals surface area contributed by atoms with E-state index in [1.165, 1.54) is 0 Å². The first-order valence-electron chi connectivity index (χ1n) is 10.4. The molecule has 0 bridgehead atoms. The number of benzene rings is 2. The summed E-state index contributed by atoms with van der Waals surface area (Å²) in [4.78, 5) is 39.0. The zero-order chi connectivity index (χ0) is 24.1. The van der Waals surface area contributed by atoms with Gasteiger partial charge in [-0.2, -0.15) is 0 Å². The fraction of sp³-hybridized carbons (Fsp3) is 0.292. The molecule has 2 aromatic rings. The van der Waals surface area contributed by atoms with Crippen LogP contribution in [-0.2, 0) is 9.59 Å². The summed E-state index contributed by atoms with van der Waals surface area (Å²) >= 11 is 2.96. The second-order valence-electron chi connectivity index (χ2n) is 7.31. The van der Waals surface area contributed by atoms with Crippen molar-refractivity contribution in [2.45, 2.75) is 27.7 Å². The van der Waals surface area contributed by atoms with E-state index < -0.39 is 17.1 Å². The van der Waals surface area contributed by atoms with Crippen molar-refractivity contribution in [2.24, 2.45) is 0 Å². The van der Waals surface area contributed by atoms with Crippen LogP contribution in [0.25, 0.3) is 6.08 Å². The summed E-state index contributed by atoms with van der Waals surface area (Å²) in [5, 5.41) is 2.26. The number of ether oxygens (including phenoxy) is 2. The Kier molecular flexibility index (Phi) is 8.41. The molecule has 1 fully saturated rings. The topological polar surface area (TPSA) is 84.9 Å². The molecule has 0 atom stereocenters. The van der Waals surface area contributed by atoms with Crippen LogP contribution >= 0.6 is 34.4 Å². The van der Waals surface area contributed by atoms with Crippen LogP contribution in [0.5, 0.6) is 11.5 Å². The Bertz CT molecular complexity index is 1130. The fourth-order valence-electron chi connectivity index (χ4n) is 3.17. The number of nitrogens with zero attached hydrogens (tertiary/aromatic N) is 1. The monoisotopic (exact) mass is 580 g/mol. The smallest absolute Gasteiger partial charge is 0.294 e. The number of hydrogen-bond donors (Lipinski definition) is 1. The van der Waals surface area contributed by atoms with Gasteiger partial charge in [0.1, 0.15) is 6.54 Å². The SMILES string of the molecule is CCOc1cc(/C=C2/SC(=O)N(CC(=O)Nc3ccc(C)c(C)c3)C2=O)cc(I)c1OCC. The van der Waals surface area contributed by atoms with E-state index in [2.05, 4.69) is 27.9 Å². The molecule has 1 aliphatic heterocycles. The first kappa shape index (κ1) is 25.1. The summed E-state index contributed by atoms with van der Waals surface area (Å²) in [6.07, 6.45) is 1.63. The van der Waals surface area contributed by atoms with Crippen molar-refractivity contribution in [2.75, 3.05) is 25.1 Å². The van der Waals surface area contributed by atoms with Gasteiger partial charge in [0.05, 0.1) is 21.7 Å². The molecule has 1 aliphatic rings. The van der Waals surface area contributed by atoms with Crippen LogP contribution in [0.2, 0.25) is 0 Å². The molecule has 0 aromatic heterocycles. The Balaban J connectivity index is 1.76. The van der Waals surface area contributed by atoms with Gasteiger partial charge in [0, 0.05) is 5.69 Å². The lowest BCUT2D eigenvalue weighted by atomic mass is 10.1. The van der Waals surface area contributed by atoms with Gasteiger partial charge in [0.15, 0.2) is 11.5 Å². The van der Waals surface area contributed by atoms with E-state index in [-0.39, 0.29) is 11.4 Å². The van der Waals surface area contributed by atoms with Crippen LogP contribution in [-0.4, -0.2) is 41.7 Å². The number of carbonyl (C=O) groups is 3. The summed E-state index contributed by atoms with van der Waals surface area (Å²) in [5.41, 5.74) is 3.48. The molecule has 0 unspecified atom stereocenters. The number of halogens is 1. The molecule has 33 heavy (non-hydrogen) atoms. The highest BCUT2D eigenvalue weighted by Gasteiger charge is 2.36. The Morgan fingerprint density at radius 3 is 2.48 bits per heavy atom. The number of imide groups is 1. The van der Waals surface area contributed by atoms with Crippen LogP contribution in [0.3, 0.4) is 0 Å². The zero-order valence-electron chi connectivity index (χ0n) is 18.9. The lowest BCUT2D eigenvalue weighted by Gasteiger charge is -2.14. The lowest BCUT2D eigenvalue weighted by molar-refractivity contribution is -0.127. The van der Waals surface area contributed by atoms with Crippen molar-refractivity contribution in [3.63, 3.8) is 0 Å². The van der Waals surface area contributed by atoms with Gasteiger partial charge in [-0.15, -0.1) is 0 Å². The van der Waals surface area contributed by atoms with Crippen molar-refractivity contribution in [3.05, 3.63) is 55.5 Å². The Morgan fingerprint density at radius 2 is 1.82 bits per heavy atom. The largest absolute Gasteiger partial charge is 0.490 e. The average molecular weight is 580 g/mol. The van der Waals surface area contributed by atoms with E-state index in [9.17, 15) is 14.4 Å². The highest BCUT2D eigenvalue weighted by atomic mass is 127. The lowest BCUT2D eigenvalue weighted by Crippen LogP contribution is -2.36. The van der Waals surface area contributed by atoms with Gasteiger partial charge in [-0.05, 0) is 109 Å². The van der Waals surface area contributed by atoms with Gasteiger partial charge in [-0.3, -0.25) is 19.3 Å². The van der Waals surface area contributed by atoms with Gasteiger partial charge < -0.3 is 14.8 Å². The maximum atomic E-state index is 12.9. The number of thioether (sulfide) groups is 1. The van der Waals surface area contributed by atoms with E-state index in [4.69, 9.17) is 9.47 Å². The molecule has 0 spiro atoms. The molecular weight excluding hydrogens is 555 g/mol. The van der Waals surface area contributed by atoms with Gasteiger partial charge in [0.2, 0.25) is 5.91 Å². The van der Waals surface area contributed by atoms with Gasteiger partial charge in [-0.1, -0.05) is 6.07 Å². The number of anilines is 1. The van der Waals surface area contributed by atoms with E-state index in [1.54, 1.807) is 18.2 Å². The van der Waals surface area contributed by atoms with E-state index in [1.807, 2.05) is 45.9 Å². The van der Waals surface area contributed by atoms with Crippen molar-refractivity contribution in [1.29, 1.82) is 0 Å². The molecule has 2 aromatic carbocycles. The zero-order valence-corrected chi connectivity index (χ0v) is 21.8. The van der Waals surface area contributed by atoms with Crippen molar-refractivity contribution in [3.8, 4) is 11.5 Å². The minimum atomic E-state index is -0.498. The second kappa shape index (κ2) is 11.1. The van der Waals surface area contributed by atoms with Gasteiger partial charge in [0.25, 0.3) is 11.1 Å². The molecule has 0 radical (unpaired) electrons. The predicted octanol–water partition coefficient (Wildman–Crippen LogP) is 5.38. The number of aryl methyl sites for hydroxylation is 2. The van der Waals surface area contributed by atoms with Crippen LogP contribution < -0.4 is 14.8 Å². The third-order valence-electron chi connectivity index (χ3n) is 4.88. The minimum Gasteiger partial charge on any atom is -0.490 e. The van der Waals surface area contributed by atoms with Crippen LogP contribution in [0, 0.1) is 17.4 Å². The maximum absolute atomic E-state index is 12.9. The molecule has 0 aliphatic carbocycles. The number of rotatable bonds is 8. The van der Waals surface area contributed by atoms with Crippen LogP contribution in [0.1, 0.15) is 30.5 Å². The van der Waals surface area contributed by atoms with E-state index >= 15 is 0 Å². The first-order valence-corrected chi connectivity index (χ1v) is 12.3. The predicted molar refractivity (Wildman–Crippen MR) is 139 cm³/mol. The number of hydrogen-bond acceptors (Lipinski definition) is 6. The van der Waals surface area contributed by atoms with Gasteiger partial charge >= 0.3 is 0 Å². The summed E-state index contributed by atoms with van der Waals surface area (Å²) in [5.74, 6) is 0.288. The van der Waals surface area contributed by atoms with Crippen LogP contribution in [0.15, 0.2) is 35.2 Å². The van der Waals surface area contributed by atoms with Crippen LogP contribution in [0.4, 0.5) is 10.5 Å². The summed E-state index contributed by atoms with van der Waals surface area (Å²) in [7, 11) is 0. The second-order valence-corrected chi connectivity index (χ2v) is 9.47. The normalized spacial score (nSPS) is 14.7. The third kappa shape index (κ3) is 6.08. The Labute approximate surface area is 211 Å². The van der Waals surface area contributed by atoms with Crippen molar-refractivity contribution >= 4 is 63.2 Å². The highest BCUT2D eigenvalue weighted by Crippen LogP contribution is 2.37. The quantitative estimate of drug-likeness (QED) is 0.334. The molecule has 3 amide bonds. The molecule has 174 valence electrons. The maximum Gasteiger partial charge on any atom is 0.294 e. The van der Waals surface area contributed by atoms with Crippen molar-refractivity contribution < 1.29 is 23.9 Å². The van der Waals surface area contributed by atoms with Gasteiger partial charge in [-0.25, -0.2) is 0 Å². The molecule has 7 nitrogen and oxygen atoms in total.